The Balaban J connectivity index is 2.35. The molecular formula is C13H9ClN4. The lowest BCUT2D eigenvalue weighted by Gasteiger charge is -2.03. The highest BCUT2D eigenvalue weighted by Gasteiger charge is 2.07. The van der Waals surface area contributed by atoms with Crippen molar-refractivity contribution in [3.8, 4) is 23.6 Å². The highest BCUT2D eigenvalue weighted by Crippen LogP contribution is 2.16. The number of halogens is 1. The standard InChI is InChI=1S/C13H9ClN4/c14-7-1-2-10-3-5-12(6-4-10)18-13(16)11(8-15)9-17-18/h3-6,9H,7,16H2. The highest BCUT2D eigenvalue weighted by atomic mass is 35.5. The lowest BCUT2D eigenvalue weighted by atomic mass is 10.2. The molecule has 0 saturated heterocycles. The molecule has 4 nitrogen and oxygen atoms in total. The van der Waals surface area contributed by atoms with E-state index in [4.69, 9.17) is 22.6 Å². The summed E-state index contributed by atoms with van der Waals surface area (Å²) in [6.45, 7) is 0. The zero-order valence-corrected chi connectivity index (χ0v) is 10.1. The van der Waals surface area contributed by atoms with Crippen LogP contribution >= 0.6 is 11.6 Å². The molecule has 88 valence electrons. The Morgan fingerprint density at radius 2 is 2.06 bits per heavy atom. The Morgan fingerprint density at radius 1 is 1.33 bits per heavy atom. The van der Waals surface area contributed by atoms with E-state index >= 15 is 0 Å². The van der Waals surface area contributed by atoms with Crippen LogP contribution in [0.1, 0.15) is 11.1 Å². The molecule has 0 spiro atoms. The zero-order chi connectivity index (χ0) is 13.0. The fourth-order valence-corrected chi connectivity index (χ4v) is 1.54. The molecule has 0 aliphatic carbocycles. The van der Waals surface area contributed by atoms with E-state index < -0.39 is 0 Å². The van der Waals surface area contributed by atoms with E-state index in [9.17, 15) is 0 Å². The predicted octanol–water partition coefficient (Wildman–Crippen LogP) is 1.92. The van der Waals surface area contributed by atoms with Gasteiger partial charge in [0.1, 0.15) is 17.5 Å². The van der Waals surface area contributed by atoms with Gasteiger partial charge in [-0.3, -0.25) is 0 Å². The fourth-order valence-electron chi connectivity index (χ4n) is 1.47. The van der Waals surface area contributed by atoms with E-state index in [0.717, 1.165) is 11.3 Å². The molecule has 1 aromatic heterocycles. The summed E-state index contributed by atoms with van der Waals surface area (Å²) in [5, 5.41) is 12.9. The SMILES string of the molecule is N#Cc1cnn(-c2ccc(C#CCCl)cc2)c1N. The molecule has 2 aromatic rings. The molecular weight excluding hydrogens is 248 g/mol. The van der Waals surface area contributed by atoms with Crippen molar-refractivity contribution in [1.29, 1.82) is 5.26 Å². The number of nitriles is 1. The maximum Gasteiger partial charge on any atom is 0.145 e. The minimum atomic E-state index is 0.305. The molecule has 0 radical (unpaired) electrons. The monoisotopic (exact) mass is 256 g/mol. The van der Waals surface area contributed by atoms with Crippen LogP contribution in [0.5, 0.6) is 0 Å². The summed E-state index contributed by atoms with van der Waals surface area (Å²) in [4.78, 5) is 0. The number of nitrogen functional groups attached to an aromatic ring is 1. The predicted molar refractivity (Wildman–Crippen MR) is 70.3 cm³/mol. The van der Waals surface area contributed by atoms with E-state index in [0.29, 0.717) is 17.3 Å². The highest BCUT2D eigenvalue weighted by molar-refractivity contribution is 6.19. The van der Waals surface area contributed by atoms with Crippen molar-refractivity contribution in [2.75, 3.05) is 11.6 Å². The number of hydrogen-bond donors (Lipinski definition) is 1. The first-order valence-corrected chi connectivity index (χ1v) is 5.68. The number of rotatable bonds is 1. The van der Waals surface area contributed by atoms with Gasteiger partial charge >= 0.3 is 0 Å². The Hall–Kier alpha value is -2.43. The molecule has 1 aromatic carbocycles. The first-order valence-electron chi connectivity index (χ1n) is 5.15. The van der Waals surface area contributed by atoms with Crippen LogP contribution in [0.2, 0.25) is 0 Å². The third-order valence-electron chi connectivity index (χ3n) is 2.34. The quantitative estimate of drug-likeness (QED) is 0.626. The zero-order valence-electron chi connectivity index (χ0n) is 9.39. The van der Waals surface area contributed by atoms with Crippen molar-refractivity contribution >= 4 is 17.4 Å². The smallest absolute Gasteiger partial charge is 0.145 e. The summed E-state index contributed by atoms with van der Waals surface area (Å²) < 4.78 is 1.51. The fraction of sp³-hybridized carbons (Fsp3) is 0.0769. The Labute approximate surface area is 110 Å². The average Bonchev–Trinajstić information content (AvgIpc) is 2.78. The number of anilines is 1. The molecule has 0 amide bonds. The first-order chi connectivity index (χ1) is 8.76. The van der Waals surface area contributed by atoms with Crippen LogP contribution in [-0.4, -0.2) is 15.7 Å². The van der Waals surface area contributed by atoms with Crippen molar-refractivity contribution in [3.05, 3.63) is 41.6 Å². The first kappa shape index (κ1) is 12.0. The summed E-state index contributed by atoms with van der Waals surface area (Å²) in [5.41, 5.74) is 7.81. The van der Waals surface area contributed by atoms with E-state index in [1.807, 2.05) is 30.3 Å². The third-order valence-corrected chi connectivity index (χ3v) is 2.47. The topological polar surface area (TPSA) is 67.6 Å². The second kappa shape index (κ2) is 5.27. The Bertz CT molecular complexity index is 653. The van der Waals surface area contributed by atoms with E-state index in [1.165, 1.54) is 10.9 Å². The van der Waals surface area contributed by atoms with Crippen molar-refractivity contribution < 1.29 is 0 Å². The molecule has 0 aliphatic rings. The van der Waals surface area contributed by atoms with E-state index in [2.05, 4.69) is 16.9 Å². The van der Waals surface area contributed by atoms with Gasteiger partial charge in [-0.2, -0.15) is 10.4 Å². The molecule has 1 heterocycles. The molecule has 0 bridgehead atoms. The molecule has 0 aliphatic heterocycles. The number of aromatic nitrogens is 2. The number of nitrogens with two attached hydrogens (primary N) is 1. The molecule has 0 atom stereocenters. The van der Waals surface area contributed by atoms with Crippen molar-refractivity contribution in [2.45, 2.75) is 0 Å². The number of benzene rings is 1. The normalized spacial score (nSPS) is 9.33. The van der Waals surface area contributed by atoms with Crippen molar-refractivity contribution in [1.82, 2.24) is 9.78 Å². The number of hydrogen-bond acceptors (Lipinski definition) is 3. The largest absolute Gasteiger partial charge is 0.382 e. The van der Waals surface area contributed by atoms with Crippen LogP contribution in [0.25, 0.3) is 5.69 Å². The van der Waals surface area contributed by atoms with Crippen molar-refractivity contribution in [2.24, 2.45) is 0 Å². The van der Waals surface area contributed by atoms with Crippen LogP contribution < -0.4 is 5.73 Å². The van der Waals surface area contributed by atoms with Gasteiger partial charge in [-0.15, -0.1) is 11.6 Å². The van der Waals surface area contributed by atoms with Gasteiger partial charge < -0.3 is 5.73 Å². The third kappa shape index (κ3) is 2.29. The van der Waals surface area contributed by atoms with Crippen LogP contribution in [0.3, 0.4) is 0 Å². The number of alkyl halides is 1. The molecule has 2 rings (SSSR count). The van der Waals surface area contributed by atoms with Crippen LogP contribution in [0.4, 0.5) is 5.82 Å². The Kier molecular flexibility index (Phi) is 3.52. The molecule has 0 fully saturated rings. The summed E-state index contributed by atoms with van der Waals surface area (Å²) in [6, 6.07) is 9.35. The lowest BCUT2D eigenvalue weighted by molar-refractivity contribution is 0.891. The minimum Gasteiger partial charge on any atom is -0.382 e. The Morgan fingerprint density at radius 3 is 2.61 bits per heavy atom. The van der Waals surface area contributed by atoms with Gasteiger partial charge in [-0.25, -0.2) is 4.68 Å². The van der Waals surface area contributed by atoms with Gasteiger partial charge in [-0.05, 0) is 24.3 Å². The van der Waals surface area contributed by atoms with Crippen LogP contribution in [-0.2, 0) is 0 Å². The van der Waals surface area contributed by atoms with Crippen LogP contribution in [0.15, 0.2) is 30.5 Å². The molecule has 18 heavy (non-hydrogen) atoms. The van der Waals surface area contributed by atoms with Crippen molar-refractivity contribution in [3.63, 3.8) is 0 Å². The number of nitrogens with zero attached hydrogens (tertiary/aromatic N) is 3. The van der Waals surface area contributed by atoms with Gasteiger partial charge in [0.15, 0.2) is 0 Å². The second-order valence-electron chi connectivity index (χ2n) is 3.45. The maximum atomic E-state index is 8.81. The lowest BCUT2D eigenvalue weighted by Crippen LogP contribution is -2.02. The molecule has 0 saturated carbocycles. The van der Waals surface area contributed by atoms with Gasteiger partial charge in [0.2, 0.25) is 0 Å². The molecule has 2 N–H and O–H groups in total. The van der Waals surface area contributed by atoms with E-state index in [1.54, 1.807) is 0 Å². The average molecular weight is 257 g/mol. The second-order valence-corrected chi connectivity index (χ2v) is 3.72. The van der Waals surface area contributed by atoms with Crippen LogP contribution in [0, 0.1) is 23.2 Å². The van der Waals surface area contributed by atoms with Gasteiger partial charge in [0, 0.05) is 5.56 Å². The minimum absolute atomic E-state index is 0.305. The summed E-state index contributed by atoms with van der Waals surface area (Å²) >= 11 is 5.48. The summed E-state index contributed by atoms with van der Waals surface area (Å²) in [5.74, 6) is 6.32. The van der Waals surface area contributed by atoms with Gasteiger partial charge in [0.05, 0.1) is 17.8 Å². The molecule has 5 heteroatoms. The van der Waals surface area contributed by atoms with Gasteiger partial charge in [-0.1, -0.05) is 11.8 Å². The maximum absolute atomic E-state index is 8.81. The van der Waals surface area contributed by atoms with Gasteiger partial charge in [0.25, 0.3) is 0 Å². The summed E-state index contributed by atoms with van der Waals surface area (Å²) in [6.07, 6.45) is 1.44. The summed E-state index contributed by atoms with van der Waals surface area (Å²) in [7, 11) is 0. The molecule has 0 unspecified atom stereocenters. The van der Waals surface area contributed by atoms with E-state index in [-0.39, 0.29) is 0 Å².